The van der Waals surface area contributed by atoms with E-state index in [-0.39, 0.29) is 33.8 Å². The van der Waals surface area contributed by atoms with Crippen molar-refractivity contribution in [1.29, 1.82) is 5.41 Å². The number of hydrogen-bond donors (Lipinski definition) is 3. The van der Waals surface area contributed by atoms with Crippen molar-refractivity contribution in [3.63, 3.8) is 0 Å². The van der Waals surface area contributed by atoms with Crippen LogP contribution in [0.5, 0.6) is 0 Å². The second-order valence-corrected chi connectivity index (χ2v) is 7.16. The van der Waals surface area contributed by atoms with Crippen molar-refractivity contribution < 1.29 is 27.5 Å². The highest BCUT2D eigenvalue weighted by Crippen LogP contribution is 2.34. The molecule has 0 radical (unpaired) electrons. The third-order valence-electron chi connectivity index (χ3n) is 5.00. The number of amides is 1. The first-order valence-electron chi connectivity index (χ1n) is 9.69. The number of nitrogens with two attached hydrogens (primary N) is 1. The van der Waals surface area contributed by atoms with E-state index in [1.165, 1.54) is 50.4 Å². The smallest absolute Gasteiger partial charge is 0.417 e. The van der Waals surface area contributed by atoms with Gasteiger partial charge in [0.15, 0.2) is 0 Å². The predicted octanol–water partition coefficient (Wildman–Crippen LogP) is 5.05. The maximum atomic E-state index is 13.5. The Morgan fingerprint density at radius 1 is 1.00 bits per heavy atom. The van der Waals surface area contributed by atoms with Crippen LogP contribution in [-0.4, -0.2) is 24.7 Å². The van der Waals surface area contributed by atoms with Gasteiger partial charge in [-0.3, -0.25) is 10.2 Å². The molecule has 0 saturated heterocycles. The number of halogens is 3. The molecule has 0 fully saturated rings. The second kappa shape index (κ2) is 9.15. The summed E-state index contributed by atoms with van der Waals surface area (Å²) < 4.78 is 45.0. The molecule has 0 spiro atoms. The number of hydrogen-bond acceptors (Lipinski definition) is 5. The second-order valence-electron chi connectivity index (χ2n) is 7.16. The largest absolute Gasteiger partial charge is 0.465 e. The summed E-state index contributed by atoms with van der Waals surface area (Å²) in [5.74, 6) is -1.57. The van der Waals surface area contributed by atoms with Crippen LogP contribution in [-0.2, 0) is 10.9 Å². The number of methoxy groups -OCH3 is 1. The molecule has 3 aromatic carbocycles. The average molecular weight is 455 g/mol. The predicted molar refractivity (Wildman–Crippen MR) is 119 cm³/mol. The van der Waals surface area contributed by atoms with Gasteiger partial charge < -0.3 is 15.8 Å². The van der Waals surface area contributed by atoms with E-state index >= 15 is 0 Å². The fourth-order valence-electron chi connectivity index (χ4n) is 3.37. The van der Waals surface area contributed by atoms with Gasteiger partial charge in [0.1, 0.15) is 0 Å². The monoisotopic (exact) mass is 455 g/mol. The zero-order chi connectivity index (χ0) is 24.3. The molecule has 0 unspecified atom stereocenters. The Morgan fingerprint density at radius 2 is 1.70 bits per heavy atom. The molecule has 0 aliphatic rings. The van der Waals surface area contributed by atoms with Crippen LogP contribution >= 0.6 is 0 Å². The number of carbonyl (C=O) groups is 2. The molecule has 9 heteroatoms. The number of anilines is 2. The molecule has 1 amide bonds. The number of alkyl halides is 3. The summed E-state index contributed by atoms with van der Waals surface area (Å²) in [5, 5.41) is 11.1. The molecule has 170 valence electrons. The van der Waals surface area contributed by atoms with Gasteiger partial charge in [-0.2, -0.15) is 13.2 Å². The van der Waals surface area contributed by atoms with Crippen molar-refractivity contribution in [2.45, 2.75) is 13.1 Å². The third-order valence-corrected chi connectivity index (χ3v) is 5.00. The zero-order valence-electron chi connectivity index (χ0n) is 17.7. The summed E-state index contributed by atoms with van der Waals surface area (Å²) in [7, 11) is 1.22. The SMILES string of the molecule is COC(=O)c1ccc(C(=N)c2ccccc2NC(=O)c2c(C)cccc2C(F)(F)F)cc1N. The zero-order valence-corrected chi connectivity index (χ0v) is 17.7. The number of benzene rings is 3. The van der Waals surface area contributed by atoms with Gasteiger partial charge in [-0.1, -0.05) is 36.4 Å². The number of para-hydroxylation sites is 1. The van der Waals surface area contributed by atoms with Gasteiger partial charge in [0.25, 0.3) is 5.91 Å². The molecular formula is C24H20F3N3O3. The van der Waals surface area contributed by atoms with E-state index in [1.54, 1.807) is 18.2 Å². The van der Waals surface area contributed by atoms with Crippen LogP contribution in [0.15, 0.2) is 60.7 Å². The molecule has 3 rings (SSSR count). The Kier molecular flexibility index (Phi) is 6.52. The lowest BCUT2D eigenvalue weighted by Gasteiger charge is -2.17. The number of nitrogen functional groups attached to an aromatic ring is 1. The lowest BCUT2D eigenvalue weighted by Crippen LogP contribution is -2.21. The van der Waals surface area contributed by atoms with E-state index in [9.17, 15) is 22.8 Å². The Morgan fingerprint density at radius 3 is 2.33 bits per heavy atom. The van der Waals surface area contributed by atoms with Crippen molar-refractivity contribution >= 4 is 29.0 Å². The number of nitrogens with one attached hydrogen (secondary N) is 2. The molecule has 3 aromatic rings. The van der Waals surface area contributed by atoms with Crippen molar-refractivity contribution in [2.24, 2.45) is 0 Å². The maximum absolute atomic E-state index is 13.5. The summed E-state index contributed by atoms with van der Waals surface area (Å²) >= 11 is 0. The maximum Gasteiger partial charge on any atom is 0.417 e. The minimum atomic E-state index is -4.70. The lowest BCUT2D eigenvalue weighted by atomic mass is 9.97. The van der Waals surface area contributed by atoms with E-state index in [1.807, 2.05) is 0 Å². The first-order chi connectivity index (χ1) is 15.5. The molecule has 0 heterocycles. The van der Waals surface area contributed by atoms with Crippen LogP contribution in [0.2, 0.25) is 0 Å². The molecular weight excluding hydrogens is 435 g/mol. The van der Waals surface area contributed by atoms with Crippen molar-refractivity contribution in [1.82, 2.24) is 0 Å². The summed E-state index contributed by atoms with van der Waals surface area (Å²) in [6, 6.07) is 14.1. The molecule has 0 aliphatic heterocycles. The van der Waals surface area contributed by atoms with E-state index in [2.05, 4.69) is 10.1 Å². The normalized spacial score (nSPS) is 11.1. The number of carbonyl (C=O) groups excluding carboxylic acids is 2. The Balaban J connectivity index is 1.97. The summed E-state index contributed by atoms with van der Waals surface area (Å²) in [6.45, 7) is 1.42. The first-order valence-corrected chi connectivity index (χ1v) is 9.69. The van der Waals surface area contributed by atoms with Crippen molar-refractivity contribution in [3.05, 3.63) is 94.0 Å². The van der Waals surface area contributed by atoms with E-state index in [0.717, 1.165) is 6.07 Å². The van der Waals surface area contributed by atoms with Crippen molar-refractivity contribution in [3.8, 4) is 0 Å². The Labute approximate surface area is 187 Å². The van der Waals surface area contributed by atoms with Crippen molar-refractivity contribution in [2.75, 3.05) is 18.2 Å². The van der Waals surface area contributed by atoms with Gasteiger partial charge in [0, 0.05) is 16.8 Å². The van der Waals surface area contributed by atoms with Crippen LogP contribution < -0.4 is 11.1 Å². The highest BCUT2D eigenvalue weighted by Gasteiger charge is 2.36. The highest BCUT2D eigenvalue weighted by molar-refractivity contribution is 6.17. The lowest BCUT2D eigenvalue weighted by molar-refractivity contribution is -0.137. The number of aryl methyl sites for hydroxylation is 1. The van der Waals surface area contributed by atoms with Gasteiger partial charge in [0.2, 0.25) is 0 Å². The van der Waals surface area contributed by atoms with Crippen LogP contribution in [0.4, 0.5) is 24.5 Å². The average Bonchev–Trinajstić information content (AvgIpc) is 2.77. The van der Waals surface area contributed by atoms with E-state index in [4.69, 9.17) is 11.1 Å². The van der Waals surface area contributed by atoms with Crippen LogP contribution in [0.3, 0.4) is 0 Å². The van der Waals surface area contributed by atoms with E-state index < -0.39 is 29.2 Å². The summed E-state index contributed by atoms with van der Waals surface area (Å²) in [5.41, 5.74) is 5.49. The van der Waals surface area contributed by atoms with Crippen LogP contribution in [0.25, 0.3) is 0 Å². The standard InChI is InChI=1S/C24H20F3N3O3/c1-13-6-5-8-17(24(25,26)27)20(13)22(31)30-19-9-4-3-7-16(19)21(29)14-10-11-15(18(28)12-14)23(32)33-2/h3-12,29H,28H2,1-2H3,(H,30,31). The van der Waals surface area contributed by atoms with E-state index in [0.29, 0.717) is 5.56 Å². The number of esters is 1. The molecule has 0 aliphatic carbocycles. The third kappa shape index (κ3) is 4.87. The van der Waals surface area contributed by atoms with Crippen LogP contribution in [0.1, 0.15) is 43.0 Å². The minimum Gasteiger partial charge on any atom is -0.465 e. The van der Waals surface area contributed by atoms with Gasteiger partial charge >= 0.3 is 12.1 Å². The first kappa shape index (κ1) is 23.5. The number of rotatable bonds is 5. The van der Waals surface area contributed by atoms with Gasteiger partial charge in [-0.15, -0.1) is 0 Å². The molecule has 0 bridgehead atoms. The molecule has 0 atom stereocenters. The Bertz CT molecular complexity index is 1250. The summed E-state index contributed by atoms with van der Waals surface area (Å²) in [4.78, 5) is 24.6. The van der Waals surface area contributed by atoms with Gasteiger partial charge in [0.05, 0.1) is 35.2 Å². The summed E-state index contributed by atoms with van der Waals surface area (Å²) in [6.07, 6.45) is -4.70. The molecule has 6 nitrogen and oxygen atoms in total. The highest BCUT2D eigenvalue weighted by atomic mass is 19.4. The molecule has 33 heavy (non-hydrogen) atoms. The molecule has 4 N–H and O–H groups in total. The number of ether oxygens (including phenoxy) is 1. The molecule has 0 aromatic heterocycles. The van der Waals surface area contributed by atoms with Gasteiger partial charge in [-0.25, -0.2) is 4.79 Å². The molecule has 0 saturated carbocycles. The topological polar surface area (TPSA) is 105 Å². The van der Waals surface area contributed by atoms with Gasteiger partial charge in [-0.05, 0) is 36.8 Å². The minimum absolute atomic E-state index is 0.0464. The Hall–Kier alpha value is -4.14. The fourth-order valence-corrected chi connectivity index (χ4v) is 3.37. The quantitative estimate of drug-likeness (QED) is 0.284. The fraction of sp³-hybridized carbons (Fsp3) is 0.125. The van der Waals surface area contributed by atoms with Crippen LogP contribution in [0, 0.1) is 12.3 Å².